The Morgan fingerprint density at radius 2 is 1.96 bits per heavy atom. The monoisotopic (exact) mass is 366 g/mol. The maximum absolute atomic E-state index is 13.7. The highest BCUT2D eigenvalue weighted by Gasteiger charge is 2.43. The van der Waals surface area contributed by atoms with Gasteiger partial charge >= 0.3 is 0 Å². The van der Waals surface area contributed by atoms with E-state index in [1.165, 1.54) is 12.1 Å². The minimum atomic E-state index is -0.806. The van der Waals surface area contributed by atoms with Crippen LogP contribution in [0.3, 0.4) is 0 Å². The second-order valence-electron chi connectivity index (χ2n) is 7.40. The Morgan fingerprint density at radius 1 is 1.27 bits per heavy atom. The van der Waals surface area contributed by atoms with Crippen LogP contribution in [0, 0.1) is 11.6 Å². The van der Waals surface area contributed by atoms with E-state index in [1.807, 2.05) is 0 Å². The van der Waals surface area contributed by atoms with Crippen molar-refractivity contribution in [1.82, 2.24) is 10.2 Å². The van der Waals surface area contributed by atoms with Crippen molar-refractivity contribution in [2.75, 3.05) is 32.8 Å². The van der Waals surface area contributed by atoms with Gasteiger partial charge in [-0.3, -0.25) is 9.69 Å². The molecule has 26 heavy (non-hydrogen) atoms. The maximum atomic E-state index is 13.7. The van der Waals surface area contributed by atoms with Crippen LogP contribution in [0.15, 0.2) is 18.2 Å². The van der Waals surface area contributed by atoms with Gasteiger partial charge in [-0.05, 0) is 37.0 Å². The summed E-state index contributed by atoms with van der Waals surface area (Å²) in [6.07, 6.45) is 4.31. The highest BCUT2D eigenvalue weighted by atomic mass is 19.1. The van der Waals surface area contributed by atoms with Crippen molar-refractivity contribution in [3.05, 3.63) is 35.4 Å². The number of nitrogens with one attached hydrogen (secondary N) is 1. The molecule has 1 amide bonds. The highest BCUT2D eigenvalue weighted by Crippen LogP contribution is 2.41. The summed E-state index contributed by atoms with van der Waals surface area (Å²) in [5.41, 5.74) is -0.345. The number of carbonyl (C=O) groups is 1. The number of hydrogen-bond donors (Lipinski definition) is 1. The molecule has 0 bridgehead atoms. The van der Waals surface area contributed by atoms with Crippen LogP contribution in [0.25, 0.3) is 0 Å². The quantitative estimate of drug-likeness (QED) is 0.842. The Morgan fingerprint density at radius 3 is 2.62 bits per heavy atom. The van der Waals surface area contributed by atoms with Crippen molar-refractivity contribution < 1.29 is 18.3 Å². The summed E-state index contributed by atoms with van der Waals surface area (Å²) in [6.45, 7) is 5.88. The number of benzene rings is 1. The molecule has 144 valence electrons. The molecule has 1 saturated carbocycles. The average Bonchev–Trinajstić information content (AvgIpc) is 3.12. The summed E-state index contributed by atoms with van der Waals surface area (Å²) in [7, 11) is 0. The number of amides is 1. The maximum Gasteiger partial charge on any atom is 0.230 e. The normalized spacial score (nSPS) is 23.1. The Labute approximate surface area is 153 Å². The molecule has 1 aliphatic heterocycles. The minimum Gasteiger partial charge on any atom is -0.376 e. The first kappa shape index (κ1) is 19.2. The van der Waals surface area contributed by atoms with Gasteiger partial charge in [0.2, 0.25) is 5.91 Å². The number of nitrogens with zero attached hydrogens (tertiary/aromatic N) is 1. The first-order valence-electron chi connectivity index (χ1n) is 9.62. The average molecular weight is 366 g/mol. The molecular formula is C20H28F2N2O2. The molecule has 1 aromatic rings. The van der Waals surface area contributed by atoms with E-state index >= 15 is 0 Å². The second-order valence-corrected chi connectivity index (χ2v) is 7.40. The van der Waals surface area contributed by atoms with Crippen LogP contribution in [0.2, 0.25) is 0 Å². The van der Waals surface area contributed by atoms with Gasteiger partial charge in [0, 0.05) is 32.2 Å². The van der Waals surface area contributed by atoms with E-state index in [9.17, 15) is 13.6 Å². The lowest BCUT2D eigenvalue weighted by Gasteiger charge is -2.33. The zero-order valence-electron chi connectivity index (χ0n) is 15.4. The molecule has 3 rings (SSSR count). The van der Waals surface area contributed by atoms with Gasteiger partial charge in [0.25, 0.3) is 0 Å². The summed E-state index contributed by atoms with van der Waals surface area (Å²) >= 11 is 0. The third-order valence-electron chi connectivity index (χ3n) is 5.70. The number of hydrogen-bond acceptors (Lipinski definition) is 3. The van der Waals surface area contributed by atoms with E-state index in [0.717, 1.165) is 51.6 Å². The second kappa shape index (κ2) is 8.44. The molecule has 2 aliphatic rings. The largest absolute Gasteiger partial charge is 0.376 e. The van der Waals surface area contributed by atoms with Gasteiger partial charge < -0.3 is 10.1 Å². The SMILES string of the molecule is CCC1CN(CCNC(=O)C2(c3cc(F)cc(F)c3)CCCC2)CCO1. The van der Waals surface area contributed by atoms with E-state index in [0.29, 0.717) is 24.9 Å². The summed E-state index contributed by atoms with van der Waals surface area (Å²) < 4.78 is 33.0. The van der Waals surface area contributed by atoms with E-state index in [2.05, 4.69) is 17.1 Å². The van der Waals surface area contributed by atoms with Gasteiger partial charge in [-0.1, -0.05) is 19.8 Å². The predicted octanol–water partition coefficient (Wildman–Crippen LogP) is 3.00. The van der Waals surface area contributed by atoms with Crippen molar-refractivity contribution in [3.63, 3.8) is 0 Å². The lowest BCUT2D eigenvalue weighted by atomic mass is 9.78. The van der Waals surface area contributed by atoms with Crippen LogP contribution in [0.4, 0.5) is 8.78 Å². The van der Waals surface area contributed by atoms with Crippen LogP contribution in [0.1, 0.15) is 44.6 Å². The molecule has 1 heterocycles. The molecular weight excluding hydrogens is 338 g/mol. The van der Waals surface area contributed by atoms with Crippen LogP contribution >= 0.6 is 0 Å². The first-order chi connectivity index (χ1) is 12.5. The molecule has 2 fully saturated rings. The van der Waals surface area contributed by atoms with Gasteiger partial charge in [0.05, 0.1) is 18.1 Å². The van der Waals surface area contributed by atoms with E-state index in [4.69, 9.17) is 4.74 Å². The Bertz CT molecular complexity index is 612. The van der Waals surface area contributed by atoms with Gasteiger partial charge in [0.15, 0.2) is 0 Å². The van der Waals surface area contributed by atoms with Crippen molar-refractivity contribution >= 4 is 5.91 Å². The number of halogens is 2. The van der Waals surface area contributed by atoms with Crippen LogP contribution in [-0.2, 0) is 14.9 Å². The lowest BCUT2D eigenvalue weighted by Crippen LogP contribution is -2.48. The van der Waals surface area contributed by atoms with Crippen molar-refractivity contribution in [2.24, 2.45) is 0 Å². The Kier molecular flexibility index (Phi) is 6.24. The number of morpholine rings is 1. The fourth-order valence-electron chi connectivity index (χ4n) is 4.18. The zero-order valence-corrected chi connectivity index (χ0v) is 15.4. The molecule has 6 heteroatoms. The van der Waals surface area contributed by atoms with Gasteiger partial charge in [-0.25, -0.2) is 8.78 Å². The van der Waals surface area contributed by atoms with E-state index in [1.54, 1.807) is 0 Å². The predicted molar refractivity (Wildman–Crippen MR) is 96.0 cm³/mol. The molecule has 1 saturated heterocycles. The summed E-state index contributed by atoms with van der Waals surface area (Å²) in [4.78, 5) is 15.2. The minimum absolute atomic E-state index is 0.111. The summed E-state index contributed by atoms with van der Waals surface area (Å²) in [5, 5.41) is 3.02. The Balaban J connectivity index is 1.62. The van der Waals surface area contributed by atoms with Gasteiger partial charge in [-0.2, -0.15) is 0 Å². The molecule has 0 spiro atoms. The number of rotatable bonds is 6. The van der Waals surface area contributed by atoms with Crippen LogP contribution in [-0.4, -0.2) is 49.7 Å². The molecule has 1 aromatic carbocycles. The molecule has 1 aliphatic carbocycles. The van der Waals surface area contributed by atoms with E-state index in [-0.39, 0.29) is 12.0 Å². The molecule has 1 atom stereocenters. The lowest BCUT2D eigenvalue weighted by molar-refractivity contribution is -0.126. The molecule has 1 unspecified atom stereocenters. The van der Waals surface area contributed by atoms with Crippen molar-refractivity contribution in [1.29, 1.82) is 0 Å². The number of ether oxygens (including phenoxy) is 1. The molecule has 4 nitrogen and oxygen atoms in total. The smallest absolute Gasteiger partial charge is 0.230 e. The molecule has 0 aromatic heterocycles. The third-order valence-corrected chi connectivity index (χ3v) is 5.70. The topological polar surface area (TPSA) is 41.6 Å². The van der Waals surface area contributed by atoms with Crippen LogP contribution in [0.5, 0.6) is 0 Å². The molecule has 0 radical (unpaired) electrons. The Hall–Kier alpha value is -1.53. The van der Waals surface area contributed by atoms with Crippen LogP contribution < -0.4 is 5.32 Å². The fourth-order valence-corrected chi connectivity index (χ4v) is 4.18. The summed E-state index contributed by atoms with van der Waals surface area (Å²) in [5.74, 6) is -1.36. The summed E-state index contributed by atoms with van der Waals surface area (Å²) in [6, 6.07) is 3.47. The van der Waals surface area contributed by atoms with Gasteiger partial charge in [0.1, 0.15) is 11.6 Å². The standard InChI is InChI=1S/C20H28F2N2O2/c1-2-18-14-24(9-10-26-18)8-7-23-19(25)20(5-3-4-6-20)15-11-16(21)13-17(22)12-15/h11-13,18H,2-10,14H2,1H3,(H,23,25). The number of carbonyl (C=O) groups excluding carboxylic acids is 1. The third kappa shape index (κ3) is 4.23. The van der Waals surface area contributed by atoms with Crippen molar-refractivity contribution in [3.8, 4) is 0 Å². The fraction of sp³-hybridized carbons (Fsp3) is 0.650. The van der Waals surface area contributed by atoms with Gasteiger partial charge in [-0.15, -0.1) is 0 Å². The highest BCUT2D eigenvalue weighted by molar-refractivity contribution is 5.88. The van der Waals surface area contributed by atoms with Crippen molar-refractivity contribution in [2.45, 2.75) is 50.5 Å². The zero-order chi connectivity index (χ0) is 18.6. The first-order valence-corrected chi connectivity index (χ1v) is 9.62. The van der Waals surface area contributed by atoms with E-state index < -0.39 is 17.0 Å². The molecule has 1 N–H and O–H groups in total.